The van der Waals surface area contributed by atoms with E-state index in [0.717, 1.165) is 138 Å². The molecule has 17 aromatic rings. The molecule has 0 spiro atoms. The normalized spacial score (nSPS) is 11.9. The van der Waals surface area contributed by atoms with Crippen molar-refractivity contribution in [2.75, 3.05) is 0 Å². The van der Waals surface area contributed by atoms with Crippen LogP contribution in [0.2, 0.25) is 0 Å². The zero-order chi connectivity index (χ0) is 53.8. The minimum atomic E-state index is 0.580. The van der Waals surface area contributed by atoms with Gasteiger partial charge in [-0.05, 0) is 54.1 Å². The predicted molar refractivity (Wildman–Crippen MR) is 337 cm³/mol. The van der Waals surface area contributed by atoms with Gasteiger partial charge in [-0.15, -0.1) is 0 Å². The molecule has 11 aromatic carbocycles. The minimum Gasteiger partial charge on any atom is -0.305 e. The van der Waals surface area contributed by atoms with Crippen molar-refractivity contribution in [1.29, 1.82) is 0 Å². The highest BCUT2D eigenvalue weighted by Crippen LogP contribution is 2.49. The lowest BCUT2D eigenvalue weighted by Crippen LogP contribution is -2.16. The summed E-state index contributed by atoms with van der Waals surface area (Å²) in [7, 11) is 0. The van der Waals surface area contributed by atoms with Crippen LogP contribution < -0.4 is 0 Å². The molecule has 6 heterocycles. The van der Waals surface area contributed by atoms with Crippen LogP contribution in [0, 0.1) is 0 Å². The molecule has 0 amide bonds. The van der Waals surface area contributed by atoms with E-state index in [1.54, 1.807) is 0 Å². The summed E-state index contributed by atoms with van der Waals surface area (Å²) in [5.74, 6) is 3.35. The highest BCUT2D eigenvalue weighted by Gasteiger charge is 2.32. The fourth-order valence-corrected chi connectivity index (χ4v) is 12.9. The average molecular weight is 1050 g/mol. The first kappa shape index (κ1) is 45.8. The summed E-state index contributed by atoms with van der Waals surface area (Å²) in [6.07, 6.45) is 0. The first-order chi connectivity index (χ1) is 40.7. The summed E-state index contributed by atoms with van der Waals surface area (Å²) in [5.41, 5.74) is 15.0. The molecule has 0 saturated heterocycles. The van der Waals surface area contributed by atoms with Crippen molar-refractivity contribution in [3.05, 3.63) is 279 Å². The maximum absolute atomic E-state index is 6.38. The molecule has 8 nitrogen and oxygen atoms in total. The maximum Gasteiger partial charge on any atom is 0.165 e. The summed E-state index contributed by atoms with van der Waals surface area (Å²) < 4.78 is 9.79. The molecule has 0 radical (unpaired) electrons. The Kier molecular flexibility index (Phi) is 10.1. The lowest BCUT2D eigenvalue weighted by Gasteiger charge is -2.27. The van der Waals surface area contributed by atoms with Gasteiger partial charge in [0.25, 0.3) is 0 Å². The van der Waals surface area contributed by atoms with Crippen molar-refractivity contribution in [2.45, 2.75) is 0 Å². The Hall–Kier alpha value is -11.2. The zero-order valence-electron chi connectivity index (χ0n) is 44.1. The number of para-hydroxylation sites is 8. The number of hydrogen-bond donors (Lipinski definition) is 0. The number of hydrogen-bond acceptors (Lipinski definition) is 4. The molecule has 0 saturated carbocycles. The van der Waals surface area contributed by atoms with E-state index >= 15 is 0 Å². The number of nitrogens with zero attached hydrogens (tertiary/aromatic N) is 8. The third-order valence-corrected chi connectivity index (χ3v) is 16.4. The highest BCUT2D eigenvalue weighted by molar-refractivity contribution is 6.16. The average Bonchev–Trinajstić information content (AvgIpc) is 4.36. The molecule has 0 atom stereocenters. The van der Waals surface area contributed by atoms with Gasteiger partial charge in [-0.3, -0.25) is 9.13 Å². The Morgan fingerprint density at radius 2 is 0.402 bits per heavy atom. The van der Waals surface area contributed by atoms with Gasteiger partial charge >= 0.3 is 0 Å². The summed E-state index contributed by atoms with van der Waals surface area (Å²) in [6.45, 7) is 0. The fourth-order valence-electron chi connectivity index (χ4n) is 12.9. The van der Waals surface area contributed by atoms with Crippen molar-refractivity contribution in [3.8, 4) is 68.3 Å². The Balaban J connectivity index is 1.09. The molecule has 0 aliphatic rings. The van der Waals surface area contributed by atoms with E-state index in [1.165, 1.54) is 0 Å². The number of pyridine rings is 1. The van der Waals surface area contributed by atoms with Gasteiger partial charge in [0.15, 0.2) is 29.1 Å². The van der Waals surface area contributed by atoms with E-state index in [2.05, 4.69) is 261 Å². The zero-order valence-corrected chi connectivity index (χ0v) is 44.1. The van der Waals surface area contributed by atoms with Crippen LogP contribution in [0.5, 0.6) is 0 Å². The maximum atomic E-state index is 6.38. The molecule has 0 aliphatic carbocycles. The van der Waals surface area contributed by atoms with Crippen LogP contribution >= 0.6 is 0 Å². The largest absolute Gasteiger partial charge is 0.305 e. The highest BCUT2D eigenvalue weighted by atomic mass is 15.2. The molecule has 0 N–H and O–H groups in total. The van der Waals surface area contributed by atoms with Crippen LogP contribution in [0.15, 0.2) is 279 Å². The van der Waals surface area contributed by atoms with Crippen molar-refractivity contribution in [1.82, 2.24) is 38.2 Å². The lowest BCUT2D eigenvalue weighted by atomic mass is 9.98. The molecule has 0 bridgehead atoms. The van der Waals surface area contributed by atoms with Gasteiger partial charge in [0.2, 0.25) is 0 Å². The first-order valence-corrected chi connectivity index (χ1v) is 27.7. The number of benzene rings is 11. The molecule has 17 rings (SSSR count). The first-order valence-electron chi connectivity index (χ1n) is 27.7. The topological polar surface area (TPSA) is 71.3 Å². The van der Waals surface area contributed by atoms with Crippen molar-refractivity contribution in [3.63, 3.8) is 0 Å². The van der Waals surface area contributed by atoms with Crippen LogP contribution in [0.3, 0.4) is 0 Å². The summed E-state index contributed by atoms with van der Waals surface area (Å²) in [6, 6.07) is 99.5. The van der Waals surface area contributed by atoms with Gasteiger partial charge in [-0.25, -0.2) is 19.9 Å². The third-order valence-electron chi connectivity index (χ3n) is 16.4. The smallest absolute Gasteiger partial charge is 0.165 e. The molecule has 6 aromatic heterocycles. The van der Waals surface area contributed by atoms with Crippen LogP contribution in [-0.2, 0) is 0 Å². The number of aromatic nitrogens is 8. The second-order valence-electron chi connectivity index (χ2n) is 20.9. The molecule has 0 aliphatic heterocycles. The predicted octanol–water partition coefficient (Wildman–Crippen LogP) is 18.3. The summed E-state index contributed by atoms with van der Waals surface area (Å²) in [4.78, 5) is 21.9. The Labute approximate surface area is 470 Å². The van der Waals surface area contributed by atoms with E-state index in [1.807, 2.05) is 36.4 Å². The van der Waals surface area contributed by atoms with Gasteiger partial charge in [-0.1, -0.05) is 231 Å². The van der Waals surface area contributed by atoms with Gasteiger partial charge < -0.3 is 9.13 Å². The van der Waals surface area contributed by atoms with Crippen LogP contribution in [-0.4, -0.2) is 38.2 Å². The minimum absolute atomic E-state index is 0.580. The van der Waals surface area contributed by atoms with Gasteiger partial charge in [0.1, 0.15) is 11.4 Å². The molecule has 8 heteroatoms. The monoisotopic (exact) mass is 1050 g/mol. The van der Waals surface area contributed by atoms with Crippen molar-refractivity contribution >= 4 is 87.2 Å². The molecule has 382 valence electrons. The fraction of sp³-hybridized carbons (Fsp3) is 0. The Morgan fingerprint density at radius 3 is 0.683 bits per heavy atom. The van der Waals surface area contributed by atoms with Gasteiger partial charge in [-0.2, -0.15) is 0 Å². The second kappa shape index (κ2) is 18.2. The standard InChI is InChI=1S/C74H46N8/c1-3-23-48(24-4-1)70-75-71(49-25-5-2-6-26-49)77-72(76-70)50-45-43-47(44-46-50)67-68(79-59-35-15-7-27-51(59)52-28-8-16-36-60(52)79)73(81-63-39-19-11-31-55(63)56-32-12-20-40-64(56)81)78-74(82-65-41-21-13-33-57(65)58-34-14-22-42-66(58)82)69(67)80-61-37-17-9-29-53(61)54-30-10-18-38-62(54)80/h1-46H. The molecular formula is C74H46N8. The third kappa shape index (κ3) is 6.85. The summed E-state index contributed by atoms with van der Waals surface area (Å²) >= 11 is 0. The van der Waals surface area contributed by atoms with Gasteiger partial charge in [0.05, 0.1) is 44.1 Å². The van der Waals surface area contributed by atoms with Crippen LogP contribution in [0.1, 0.15) is 0 Å². The van der Waals surface area contributed by atoms with Crippen LogP contribution in [0.4, 0.5) is 0 Å². The molecular weight excluding hydrogens is 1000 g/mol. The quantitative estimate of drug-likeness (QED) is 0.152. The van der Waals surface area contributed by atoms with Crippen LogP contribution in [0.25, 0.3) is 156 Å². The second-order valence-corrected chi connectivity index (χ2v) is 20.9. The lowest BCUT2D eigenvalue weighted by molar-refractivity contribution is 0.961. The van der Waals surface area contributed by atoms with Crippen molar-refractivity contribution < 1.29 is 0 Å². The molecule has 0 fully saturated rings. The number of fused-ring (bicyclic) bond motifs is 12. The van der Waals surface area contributed by atoms with Gasteiger partial charge in [0, 0.05) is 65.3 Å². The van der Waals surface area contributed by atoms with E-state index in [4.69, 9.17) is 19.9 Å². The summed E-state index contributed by atoms with van der Waals surface area (Å²) in [5, 5.41) is 9.17. The molecule has 0 unspecified atom stereocenters. The Bertz CT molecular complexity index is 4880. The Morgan fingerprint density at radius 1 is 0.183 bits per heavy atom. The molecule has 82 heavy (non-hydrogen) atoms. The van der Waals surface area contributed by atoms with E-state index in [-0.39, 0.29) is 0 Å². The van der Waals surface area contributed by atoms with E-state index in [0.29, 0.717) is 17.5 Å². The van der Waals surface area contributed by atoms with E-state index in [9.17, 15) is 0 Å². The number of rotatable bonds is 8. The van der Waals surface area contributed by atoms with Crippen molar-refractivity contribution in [2.24, 2.45) is 0 Å². The van der Waals surface area contributed by atoms with E-state index < -0.39 is 0 Å². The SMILES string of the molecule is c1ccc(-c2nc(-c3ccccc3)nc(-c3ccc(-c4c(-n5c6ccccc6c6ccccc65)c(-n5c6ccccc6c6ccccc65)nc(-n5c6ccccc6c6ccccc65)c4-n4c5ccccc5c5ccccc54)cc3)n2)cc1.